The van der Waals surface area contributed by atoms with E-state index in [-0.39, 0.29) is 24.0 Å². The van der Waals surface area contributed by atoms with Crippen molar-refractivity contribution in [1.82, 2.24) is 15.5 Å². The van der Waals surface area contributed by atoms with Crippen molar-refractivity contribution in [2.75, 3.05) is 13.1 Å². The van der Waals surface area contributed by atoms with Gasteiger partial charge < -0.3 is 20.6 Å². The van der Waals surface area contributed by atoms with Crippen molar-refractivity contribution in [1.29, 1.82) is 0 Å². The van der Waals surface area contributed by atoms with Gasteiger partial charge in [-0.1, -0.05) is 6.42 Å². The van der Waals surface area contributed by atoms with E-state index in [1.54, 1.807) is 11.8 Å². The molecule has 2 rings (SSSR count). The zero-order valence-electron chi connectivity index (χ0n) is 12.5. The highest BCUT2D eigenvalue weighted by atomic mass is 16.4. The molecule has 1 saturated carbocycles. The Morgan fingerprint density at radius 2 is 1.95 bits per heavy atom. The average Bonchev–Trinajstić information content (AvgIpc) is 2.97. The zero-order chi connectivity index (χ0) is 15.6. The third-order valence-electron chi connectivity index (χ3n) is 4.63. The van der Waals surface area contributed by atoms with Gasteiger partial charge in [-0.05, 0) is 26.2 Å². The number of nitrogens with zero attached hydrogens (tertiary/aromatic N) is 1. The number of carboxylic acid groups (broad SMARTS) is 1. The van der Waals surface area contributed by atoms with E-state index in [1.807, 2.05) is 0 Å². The third-order valence-corrected chi connectivity index (χ3v) is 4.63. The maximum Gasteiger partial charge on any atom is 0.317 e. The molecule has 7 nitrogen and oxygen atoms in total. The van der Waals surface area contributed by atoms with Crippen molar-refractivity contribution in [3.8, 4) is 0 Å². The highest BCUT2D eigenvalue weighted by molar-refractivity contribution is 5.79. The monoisotopic (exact) mass is 297 g/mol. The second kappa shape index (κ2) is 5.91. The summed E-state index contributed by atoms with van der Waals surface area (Å²) in [6.45, 7) is 4.20. The Hall–Kier alpha value is -1.79. The Labute approximate surface area is 124 Å². The Morgan fingerprint density at radius 3 is 2.57 bits per heavy atom. The minimum absolute atomic E-state index is 0.0114. The van der Waals surface area contributed by atoms with E-state index < -0.39 is 11.4 Å². The standard InChI is InChI=1S/C14H23N3O4/c1-9(18)15-10-5-7-17(8-10)13(21)16-11-4-3-6-14(11,2)12(19)20/h10-11H,3-8H2,1-2H3,(H,15,18)(H,16,21)(H,19,20). The molecule has 7 heteroatoms. The summed E-state index contributed by atoms with van der Waals surface area (Å²) < 4.78 is 0. The Bertz CT molecular complexity index is 454. The van der Waals surface area contributed by atoms with Gasteiger partial charge in [-0.25, -0.2) is 4.79 Å². The van der Waals surface area contributed by atoms with Crippen LogP contribution >= 0.6 is 0 Å². The molecule has 0 spiro atoms. The summed E-state index contributed by atoms with van der Waals surface area (Å²) in [5, 5.41) is 15.0. The zero-order valence-corrected chi connectivity index (χ0v) is 12.5. The molecular formula is C14H23N3O4. The normalized spacial score (nSPS) is 32.0. The highest BCUT2D eigenvalue weighted by Gasteiger charge is 2.46. The molecule has 3 amide bonds. The number of amides is 3. The number of carbonyl (C=O) groups is 3. The van der Waals surface area contributed by atoms with E-state index in [2.05, 4.69) is 10.6 Å². The lowest BCUT2D eigenvalue weighted by molar-refractivity contribution is -0.148. The van der Waals surface area contributed by atoms with Gasteiger partial charge in [-0.2, -0.15) is 0 Å². The van der Waals surface area contributed by atoms with Gasteiger partial charge in [0.2, 0.25) is 5.91 Å². The molecule has 1 aliphatic heterocycles. The van der Waals surface area contributed by atoms with Gasteiger partial charge in [-0.3, -0.25) is 9.59 Å². The van der Waals surface area contributed by atoms with Crippen LogP contribution in [0.15, 0.2) is 0 Å². The Balaban J connectivity index is 1.90. The third kappa shape index (κ3) is 3.28. The van der Waals surface area contributed by atoms with Gasteiger partial charge >= 0.3 is 12.0 Å². The van der Waals surface area contributed by atoms with Crippen molar-refractivity contribution in [3.63, 3.8) is 0 Å². The predicted molar refractivity (Wildman–Crippen MR) is 75.7 cm³/mol. The highest BCUT2D eigenvalue weighted by Crippen LogP contribution is 2.38. The minimum Gasteiger partial charge on any atom is -0.481 e. The number of likely N-dealkylation sites (tertiary alicyclic amines) is 1. The topological polar surface area (TPSA) is 98.7 Å². The number of rotatable bonds is 3. The summed E-state index contributed by atoms with van der Waals surface area (Å²) in [6, 6.07) is -0.577. The molecule has 0 radical (unpaired) electrons. The summed E-state index contributed by atoms with van der Waals surface area (Å²) >= 11 is 0. The molecule has 0 aromatic rings. The van der Waals surface area contributed by atoms with Gasteiger partial charge in [0.05, 0.1) is 5.41 Å². The quantitative estimate of drug-likeness (QED) is 0.708. The number of carbonyl (C=O) groups excluding carboxylic acids is 2. The SMILES string of the molecule is CC(=O)NC1CCN(C(=O)NC2CCCC2(C)C(=O)O)C1. The molecule has 0 aromatic heterocycles. The lowest BCUT2D eigenvalue weighted by Crippen LogP contribution is -2.51. The summed E-state index contributed by atoms with van der Waals surface area (Å²) in [4.78, 5) is 36.3. The van der Waals surface area contributed by atoms with E-state index in [1.165, 1.54) is 6.92 Å². The van der Waals surface area contributed by atoms with Crippen LogP contribution in [0.3, 0.4) is 0 Å². The smallest absolute Gasteiger partial charge is 0.317 e. The van der Waals surface area contributed by atoms with Crippen molar-refractivity contribution >= 4 is 17.9 Å². The molecule has 3 N–H and O–H groups in total. The van der Waals surface area contributed by atoms with Gasteiger partial charge in [-0.15, -0.1) is 0 Å². The predicted octanol–water partition coefficient (Wildman–Crippen LogP) is 0.550. The summed E-state index contributed by atoms with van der Waals surface area (Å²) in [5.74, 6) is -0.959. The van der Waals surface area contributed by atoms with Gasteiger partial charge in [0.1, 0.15) is 0 Å². The van der Waals surface area contributed by atoms with Crippen molar-refractivity contribution in [3.05, 3.63) is 0 Å². The second-order valence-electron chi connectivity index (χ2n) is 6.25. The molecule has 3 unspecified atom stereocenters. The van der Waals surface area contributed by atoms with Crippen LogP contribution in [0.5, 0.6) is 0 Å². The van der Waals surface area contributed by atoms with Gasteiger partial charge in [0.25, 0.3) is 0 Å². The molecule has 1 heterocycles. The second-order valence-corrected chi connectivity index (χ2v) is 6.25. The molecular weight excluding hydrogens is 274 g/mol. The minimum atomic E-state index is -0.883. The number of aliphatic carboxylic acids is 1. The molecule has 1 aliphatic carbocycles. The fourth-order valence-corrected chi connectivity index (χ4v) is 3.24. The molecule has 1 saturated heterocycles. The maximum atomic E-state index is 12.3. The number of hydrogen-bond donors (Lipinski definition) is 3. The van der Waals surface area contributed by atoms with Crippen molar-refractivity contribution in [2.24, 2.45) is 5.41 Å². The first kappa shape index (κ1) is 15.6. The van der Waals surface area contributed by atoms with E-state index in [9.17, 15) is 19.5 Å². The summed E-state index contributed by atoms with van der Waals surface area (Å²) in [5.41, 5.74) is -0.883. The average molecular weight is 297 g/mol. The Kier molecular flexibility index (Phi) is 4.39. The van der Waals surface area contributed by atoms with Crippen LogP contribution in [0.2, 0.25) is 0 Å². The van der Waals surface area contributed by atoms with Crippen molar-refractivity contribution in [2.45, 2.75) is 51.6 Å². The molecule has 21 heavy (non-hydrogen) atoms. The van der Waals surface area contributed by atoms with Crippen LogP contribution in [0, 0.1) is 5.41 Å². The van der Waals surface area contributed by atoms with E-state index >= 15 is 0 Å². The van der Waals surface area contributed by atoms with Crippen LogP contribution in [0.25, 0.3) is 0 Å². The Morgan fingerprint density at radius 1 is 1.24 bits per heavy atom. The molecule has 118 valence electrons. The van der Waals surface area contributed by atoms with Gasteiger partial charge in [0, 0.05) is 32.1 Å². The molecule has 2 fully saturated rings. The first-order valence-corrected chi connectivity index (χ1v) is 7.39. The lowest BCUT2D eigenvalue weighted by Gasteiger charge is -2.29. The van der Waals surface area contributed by atoms with E-state index in [0.29, 0.717) is 25.9 Å². The largest absolute Gasteiger partial charge is 0.481 e. The number of carboxylic acids is 1. The molecule has 0 aromatic carbocycles. The summed E-state index contributed by atoms with van der Waals surface area (Å²) in [7, 11) is 0. The van der Waals surface area contributed by atoms with E-state index in [4.69, 9.17) is 0 Å². The molecule has 3 atom stereocenters. The van der Waals surface area contributed by atoms with Crippen LogP contribution in [0.1, 0.15) is 39.5 Å². The van der Waals surface area contributed by atoms with Crippen LogP contribution < -0.4 is 10.6 Å². The summed E-state index contributed by atoms with van der Waals surface area (Å²) in [6.07, 6.45) is 2.81. The van der Waals surface area contributed by atoms with Gasteiger partial charge in [0.15, 0.2) is 0 Å². The number of nitrogens with one attached hydrogen (secondary N) is 2. The van der Waals surface area contributed by atoms with Crippen LogP contribution in [-0.4, -0.2) is 53.1 Å². The molecule has 0 bridgehead atoms. The lowest BCUT2D eigenvalue weighted by atomic mass is 9.85. The molecule has 2 aliphatic rings. The van der Waals surface area contributed by atoms with Crippen LogP contribution in [-0.2, 0) is 9.59 Å². The first-order chi connectivity index (χ1) is 9.83. The van der Waals surface area contributed by atoms with Crippen LogP contribution in [0.4, 0.5) is 4.79 Å². The number of hydrogen-bond acceptors (Lipinski definition) is 3. The van der Waals surface area contributed by atoms with E-state index in [0.717, 1.165) is 12.8 Å². The van der Waals surface area contributed by atoms with Crippen molar-refractivity contribution < 1.29 is 19.5 Å². The maximum absolute atomic E-state index is 12.3. The number of urea groups is 1. The first-order valence-electron chi connectivity index (χ1n) is 7.39. The fraction of sp³-hybridized carbons (Fsp3) is 0.786. The fourth-order valence-electron chi connectivity index (χ4n) is 3.24.